The quantitative estimate of drug-likeness (QED) is 0.661. The molecule has 0 spiro atoms. The standard InChI is InChI=1S/C21H21N3O2S/c1-2-18-14-27-21(24-18)17-10-8-15(9-11-17)12-22-19(25)13-23-20(26)16-6-4-3-5-7-16/h3-11,14H,2,12-13H2,1H3,(H,22,25)(H,23,26). The highest BCUT2D eigenvalue weighted by Gasteiger charge is 2.08. The van der Waals surface area contributed by atoms with Gasteiger partial charge >= 0.3 is 0 Å². The van der Waals surface area contributed by atoms with E-state index in [0.29, 0.717) is 12.1 Å². The van der Waals surface area contributed by atoms with Crippen LogP contribution in [-0.4, -0.2) is 23.3 Å². The third kappa shape index (κ3) is 5.24. The highest BCUT2D eigenvalue weighted by molar-refractivity contribution is 7.13. The maximum Gasteiger partial charge on any atom is 0.251 e. The molecule has 5 nitrogen and oxygen atoms in total. The van der Waals surface area contributed by atoms with Crippen LogP contribution in [0.1, 0.15) is 28.5 Å². The molecule has 27 heavy (non-hydrogen) atoms. The Morgan fingerprint density at radius 3 is 2.41 bits per heavy atom. The first kappa shape index (κ1) is 18.8. The number of carbonyl (C=O) groups is 2. The summed E-state index contributed by atoms with van der Waals surface area (Å²) in [7, 11) is 0. The maximum atomic E-state index is 11.9. The molecule has 138 valence electrons. The number of aryl methyl sites for hydroxylation is 1. The highest BCUT2D eigenvalue weighted by Crippen LogP contribution is 2.24. The van der Waals surface area contributed by atoms with Gasteiger partial charge in [-0.1, -0.05) is 49.4 Å². The second-order valence-corrected chi connectivity index (χ2v) is 6.88. The molecule has 0 fully saturated rings. The lowest BCUT2D eigenvalue weighted by atomic mass is 10.1. The summed E-state index contributed by atoms with van der Waals surface area (Å²) in [6, 6.07) is 16.8. The van der Waals surface area contributed by atoms with Gasteiger partial charge in [0, 0.05) is 23.1 Å². The van der Waals surface area contributed by atoms with Gasteiger partial charge in [0.15, 0.2) is 0 Å². The van der Waals surface area contributed by atoms with Gasteiger partial charge in [0.05, 0.1) is 12.2 Å². The van der Waals surface area contributed by atoms with Gasteiger partial charge in [-0.05, 0) is 24.1 Å². The Balaban J connectivity index is 1.46. The summed E-state index contributed by atoms with van der Waals surface area (Å²) in [6.07, 6.45) is 0.932. The lowest BCUT2D eigenvalue weighted by molar-refractivity contribution is -0.120. The highest BCUT2D eigenvalue weighted by atomic mass is 32.1. The van der Waals surface area contributed by atoms with E-state index in [2.05, 4.69) is 27.9 Å². The summed E-state index contributed by atoms with van der Waals surface area (Å²) in [4.78, 5) is 28.4. The van der Waals surface area contributed by atoms with Crippen LogP contribution in [0, 0.1) is 0 Å². The van der Waals surface area contributed by atoms with Gasteiger partial charge in [0.25, 0.3) is 5.91 Å². The number of nitrogens with one attached hydrogen (secondary N) is 2. The minimum Gasteiger partial charge on any atom is -0.350 e. The van der Waals surface area contributed by atoms with Crippen molar-refractivity contribution in [2.75, 3.05) is 6.54 Å². The van der Waals surface area contributed by atoms with Crippen LogP contribution in [0.4, 0.5) is 0 Å². The third-order valence-corrected chi connectivity index (χ3v) is 4.99. The molecule has 0 aliphatic rings. The summed E-state index contributed by atoms with van der Waals surface area (Å²) in [6.45, 7) is 2.45. The molecule has 2 N–H and O–H groups in total. The molecule has 3 rings (SSSR count). The van der Waals surface area contributed by atoms with Crippen LogP contribution in [0.25, 0.3) is 10.6 Å². The molecule has 1 heterocycles. The molecule has 0 saturated heterocycles. The number of hydrogen-bond acceptors (Lipinski definition) is 4. The Morgan fingerprint density at radius 1 is 1.00 bits per heavy atom. The molecule has 0 atom stereocenters. The monoisotopic (exact) mass is 379 g/mol. The van der Waals surface area contributed by atoms with Crippen molar-refractivity contribution in [2.45, 2.75) is 19.9 Å². The molecule has 2 aromatic carbocycles. The molecule has 1 aromatic heterocycles. The smallest absolute Gasteiger partial charge is 0.251 e. The summed E-state index contributed by atoms with van der Waals surface area (Å²) in [5.74, 6) is -0.485. The van der Waals surface area contributed by atoms with E-state index < -0.39 is 0 Å². The SMILES string of the molecule is CCc1csc(-c2ccc(CNC(=O)CNC(=O)c3ccccc3)cc2)n1. The molecule has 0 bridgehead atoms. The Labute approximate surface area is 162 Å². The van der Waals surface area contributed by atoms with Gasteiger partial charge in [-0.25, -0.2) is 4.98 Å². The van der Waals surface area contributed by atoms with Gasteiger partial charge in [0.2, 0.25) is 5.91 Å². The second kappa shape index (κ2) is 9.09. The van der Waals surface area contributed by atoms with Crippen molar-refractivity contribution >= 4 is 23.2 Å². The molecule has 6 heteroatoms. The number of amides is 2. The fourth-order valence-corrected chi connectivity index (χ4v) is 3.39. The first-order valence-corrected chi connectivity index (χ1v) is 9.67. The normalized spacial score (nSPS) is 10.4. The van der Waals surface area contributed by atoms with E-state index in [1.807, 2.05) is 30.3 Å². The fraction of sp³-hybridized carbons (Fsp3) is 0.190. The van der Waals surface area contributed by atoms with E-state index in [-0.39, 0.29) is 18.4 Å². The molecule has 0 radical (unpaired) electrons. The Hall–Kier alpha value is -2.99. The Morgan fingerprint density at radius 2 is 1.74 bits per heavy atom. The van der Waals surface area contributed by atoms with Crippen LogP contribution < -0.4 is 10.6 Å². The zero-order chi connectivity index (χ0) is 19.1. The Kier molecular flexibility index (Phi) is 6.33. The van der Waals surface area contributed by atoms with Crippen LogP contribution in [-0.2, 0) is 17.8 Å². The molecular formula is C21H21N3O2S. The van der Waals surface area contributed by atoms with Crippen molar-refractivity contribution in [3.63, 3.8) is 0 Å². The second-order valence-electron chi connectivity index (χ2n) is 6.02. The van der Waals surface area contributed by atoms with Crippen molar-refractivity contribution in [2.24, 2.45) is 0 Å². The van der Waals surface area contributed by atoms with Crippen molar-refractivity contribution in [1.82, 2.24) is 15.6 Å². The first-order chi connectivity index (χ1) is 13.2. The number of nitrogens with zero attached hydrogens (tertiary/aromatic N) is 1. The van der Waals surface area contributed by atoms with E-state index in [9.17, 15) is 9.59 Å². The van der Waals surface area contributed by atoms with Crippen molar-refractivity contribution < 1.29 is 9.59 Å². The minimum absolute atomic E-state index is 0.0509. The molecule has 0 aliphatic heterocycles. The van der Waals surface area contributed by atoms with E-state index in [0.717, 1.165) is 28.2 Å². The average Bonchev–Trinajstić information content (AvgIpc) is 3.21. The lowest BCUT2D eigenvalue weighted by Gasteiger charge is -2.07. The minimum atomic E-state index is -0.259. The zero-order valence-corrected chi connectivity index (χ0v) is 15.9. The van der Waals surface area contributed by atoms with E-state index in [1.54, 1.807) is 35.6 Å². The molecular weight excluding hydrogens is 358 g/mol. The van der Waals surface area contributed by atoms with Gasteiger partial charge in [-0.2, -0.15) is 0 Å². The summed E-state index contributed by atoms with van der Waals surface area (Å²) in [5, 5.41) is 8.51. The molecule has 0 saturated carbocycles. The van der Waals surface area contributed by atoms with Crippen molar-refractivity contribution in [3.8, 4) is 10.6 Å². The van der Waals surface area contributed by atoms with Crippen LogP contribution in [0.2, 0.25) is 0 Å². The number of benzene rings is 2. The molecule has 0 unspecified atom stereocenters. The van der Waals surface area contributed by atoms with E-state index >= 15 is 0 Å². The number of carbonyl (C=O) groups excluding carboxylic acids is 2. The van der Waals surface area contributed by atoms with Gasteiger partial charge < -0.3 is 10.6 Å². The zero-order valence-electron chi connectivity index (χ0n) is 15.1. The largest absolute Gasteiger partial charge is 0.350 e. The van der Waals surface area contributed by atoms with Crippen molar-refractivity contribution in [3.05, 3.63) is 76.8 Å². The van der Waals surface area contributed by atoms with Crippen molar-refractivity contribution in [1.29, 1.82) is 0 Å². The molecule has 2 amide bonds. The number of hydrogen-bond donors (Lipinski definition) is 2. The van der Waals surface area contributed by atoms with Crippen LogP contribution in [0.5, 0.6) is 0 Å². The third-order valence-electron chi connectivity index (χ3n) is 4.05. The molecule has 0 aliphatic carbocycles. The Bertz CT molecular complexity index is 905. The van der Waals surface area contributed by atoms with Gasteiger partial charge in [-0.3, -0.25) is 9.59 Å². The van der Waals surface area contributed by atoms with E-state index in [4.69, 9.17) is 0 Å². The van der Waals surface area contributed by atoms with Gasteiger partial charge in [0.1, 0.15) is 5.01 Å². The lowest BCUT2D eigenvalue weighted by Crippen LogP contribution is -2.36. The van der Waals surface area contributed by atoms with Crippen LogP contribution in [0.3, 0.4) is 0 Å². The summed E-state index contributed by atoms with van der Waals surface area (Å²) < 4.78 is 0. The summed E-state index contributed by atoms with van der Waals surface area (Å²) >= 11 is 1.64. The maximum absolute atomic E-state index is 11.9. The van der Waals surface area contributed by atoms with Crippen LogP contribution >= 0.6 is 11.3 Å². The number of thiazole rings is 1. The van der Waals surface area contributed by atoms with Gasteiger partial charge in [-0.15, -0.1) is 11.3 Å². The topological polar surface area (TPSA) is 71.1 Å². The average molecular weight is 379 g/mol. The van der Waals surface area contributed by atoms with E-state index in [1.165, 1.54) is 0 Å². The number of aromatic nitrogens is 1. The van der Waals surface area contributed by atoms with Crippen LogP contribution in [0.15, 0.2) is 60.0 Å². The predicted molar refractivity (Wildman–Crippen MR) is 108 cm³/mol. The number of rotatable bonds is 7. The predicted octanol–water partition coefficient (Wildman–Crippen LogP) is 3.42. The first-order valence-electron chi connectivity index (χ1n) is 8.79. The summed E-state index contributed by atoms with van der Waals surface area (Å²) in [5.41, 5.74) is 3.71. The molecule has 3 aromatic rings. The fourth-order valence-electron chi connectivity index (χ4n) is 2.48.